The highest BCUT2D eigenvalue weighted by Gasteiger charge is 2.15. The second kappa shape index (κ2) is 5.36. The van der Waals surface area contributed by atoms with Crippen molar-refractivity contribution in [2.45, 2.75) is 12.8 Å². The molecule has 2 aromatic rings. The molecule has 2 aromatic heterocycles. The van der Waals surface area contributed by atoms with Gasteiger partial charge in [-0.15, -0.1) is 0 Å². The Hall–Kier alpha value is -1.94. The van der Waals surface area contributed by atoms with Gasteiger partial charge < -0.3 is 19.2 Å². The summed E-state index contributed by atoms with van der Waals surface area (Å²) >= 11 is 0. The Morgan fingerprint density at radius 2 is 2.32 bits per heavy atom. The van der Waals surface area contributed by atoms with Crippen LogP contribution >= 0.6 is 0 Å². The van der Waals surface area contributed by atoms with Crippen LogP contribution in [0.3, 0.4) is 0 Å². The molecular weight excluding hydrogens is 244 g/mol. The van der Waals surface area contributed by atoms with E-state index in [1.807, 2.05) is 16.8 Å². The molecule has 0 bridgehead atoms. The molecule has 1 N–H and O–H groups in total. The maximum Gasteiger partial charge on any atom is 0.170 e. The standard InChI is InChI=1S/C13H14N4O2/c14-6-10-1-2-17-9-11(16-12(17)5-10)7-15-8-13-18-3-4-19-13/h1-2,5,9,13,15H,3-4,7-8H2. The van der Waals surface area contributed by atoms with E-state index in [9.17, 15) is 0 Å². The van der Waals surface area contributed by atoms with E-state index >= 15 is 0 Å². The van der Waals surface area contributed by atoms with E-state index in [0.29, 0.717) is 31.9 Å². The topological polar surface area (TPSA) is 71.6 Å². The van der Waals surface area contributed by atoms with Crippen LogP contribution in [0.15, 0.2) is 24.5 Å². The lowest BCUT2D eigenvalue weighted by Crippen LogP contribution is -2.27. The molecule has 0 aromatic carbocycles. The predicted molar refractivity (Wildman–Crippen MR) is 67.3 cm³/mol. The Morgan fingerprint density at radius 1 is 1.47 bits per heavy atom. The summed E-state index contributed by atoms with van der Waals surface area (Å²) in [5.41, 5.74) is 2.32. The van der Waals surface area contributed by atoms with Crippen molar-refractivity contribution in [3.8, 4) is 6.07 Å². The molecular formula is C13H14N4O2. The number of ether oxygens (including phenoxy) is 2. The van der Waals surface area contributed by atoms with E-state index in [2.05, 4.69) is 16.4 Å². The minimum Gasteiger partial charge on any atom is -0.349 e. The van der Waals surface area contributed by atoms with E-state index in [0.717, 1.165) is 11.3 Å². The van der Waals surface area contributed by atoms with Crippen LogP contribution in [0.5, 0.6) is 0 Å². The zero-order valence-electron chi connectivity index (χ0n) is 10.4. The smallest absolute Gasteiger partial charge is 0.170 e. The molecule has 19 heavy (non-hydrogen) atoms. The Labute approximate surface area is 110 Å². The average Bonchev–Trinajstić information content (AvgIpc) is 3.06. The number of pyridine rings is 1. The van der Waals surface area contributed by atoms with Crippen molar-refractivity contribution in [3.63, 3.8) is 0 Å². The third kappa shape index (κ3) is 2.74. The summed E-state index contributed by atoms with van der Waals surface area (Å²) in [7, 11) is 0. The van der Waals surface area contributed by atoms with Gasteiger partial charge in [-0.05, 0) is 12.1 Å². The third-order valence-corrected chi connectivity index (χ3v) is 2.95. The summed E-state index contributed by atoms with van der Waals surface area (Å²) in [6.07, 6.45) is 3.63. The number of fused-ring (bicyclic) bond motifs is 1. The monoisotopic (exact) mass is 258 g/mol. The zero-order chi connectivity index (χ0) is 13.1. The van der Waals surface area contributed by atoms with Crippen molar-refractivity contribution in [1.82, 2.24) is 14.7 Å². The van der Waals surface area contributed by atoms with Gasteiger partial charge in [0.05, 0.1) is 30.5 Å². The lowest BCUT2D eigenvalue weighted by atomic mass is 10.3. The molecule has 0 radical (unpaired) electrons. The van der Waals surface area contributed by atoms with Crippen LogP contribution in [-0.4, -0.2) is 35.4 Å². The summed E-state index contributed by atoms with van der Waals surface area (Å²) < 4.78 is 12.6. The van der Waals surface area contributed by atoms with Gasteiger partial charge in [-0.3, -0.25) is 0 Å². The Bertz CT molecular complexity index is 611. The maximum atomic E-state index is 8.84. The number of nitrogens with one attached hydrogen (secondary N) is 1. The van der Waals surface area contributed by atoms with Gasteiger partial charge in [0.1, 0.15) is 5.65 Å². The minimum absolute atomic E-state index is 0.151. The Balaban J connectivity index is 1.63. The summed E-state index contributed by atoms with van der Waals surface area (Å²) in [6, 6.07) is 5.65. The number of hydrogen-bond donors (Lipinski definition) is 1. The first-order chi connectivity index (χ1) is 9.35. The molecule has 3 rings (SSSR count). The van der Waals surface area contributed by atoms with E-state index in [1.54, 1.807) is 12.1 Å². The van der Waals surface area contributed by atoms with Crippen LogP contribution in [0.25, 0.3) is 5.65 Å². The molecule has 0 amide bonds. The lowest BCUT2D eigenvalue weighted by Gasteiger charge is -2.08. The fraction of sp³-hybridized carbons (Fsp3) is 0.385. The largest absolute Gasteiger partial charge is 0.349 e. The van der Waals surface area contributed by atoms with Gasteiger partial charge in [0.25, 0.3) is 0 Å². The molecule has 0 spiro atoms. The molecule has 1 fully saturated rings. The first kappa shape index (κ1) is 12.1. The number of nitrogens with zero attached hydrogens (tertiary/aromatic N) is 3. The normalized spacial score (nSPS) is 15.9. The maximum absolute atomic E-state index is 8.84. The van der Waals surface area contributed by atoms with E-state index < -0.39 is 0 Å². The van der Waals surface area contributed by atoms with E-state index in [4.69, 9.17) is 14.7 Å². The molecule has 6 heteroatoms. The molecule has 98 valence electrons. The Morgan fingerprint density at radius 3 is 3.11 bits per heavy atom. The van der Waals surface area contributed by atoms with Crippen LogP contribution in [0.4, 0.5) is 0 Å². The van der Waals surface area contributed by atoms with Gasteiger partial charge in [-0.25, -0.2) is 4.98 Å². The van der Waals surface area contributed by atoms with Crippen molar-refractivity contribution >= 4 is 5.65 Å². The van der Waals surface area contributed by atoms with Gasteiger partial charge >= 0.3 is 0 Å². The van der Waals surface area contributed by atoms with Crippen LogP contribution in [-0.2, 0) is 16.0 Å². The number of rotatable bonds is 4. The fourth-order valence-electron chi connectivity index (χ4n) is 2.03. The first-order valence-corrected chi connectivity index (χ1v) is 6.17. The van der Waals surface area contributed by atoms with E-state index in [-0.39, 0.29) is 6.29 Å². The summed E-state index contributed by atoms with van der Waals surface area (Å²) in [6.45, 7) is 2.62. The highest BCUT2D eigenvalue weighted by Crippen LogP contribution is 2.08. The second-order valence-corrected chi connectivity index (χ2v) is 4.33. The van der Waals surface area contributed by atoms with Gasteiger partial charge in [-0.1, -0.05) is 0 Å². The predicted octanol–water partition coefficient (Wildman–Crippen LogP) is 0.668. The van der Waals surface area contributed by atoms with Gasteiger partial charge in [0.2, 0.25) is 0 Å². The first-order valence-electron chi connectivity index (χ1n) is 6.17. The van der Waals surface area contributed by atoms with E-state index in [1.165, 1.54) is 0 Å². The number of aromatic nitrogens is 2. The van der Waals surface area contributed by atoms with Crippen molar-refractivity contribution in [1.29, 1.82) is 5.26 Å². The SMILES string of the molecule is N#Cc1ccn2cc(CNCC3OCCO3)nc2c1. The molecule has 0 saturated carbocycles. The highest BCUT2D eigenvalue weighted by molar-refractivity contribution is 5.46. The number of nitriles is 1. The van der Waals surface area contributed by atoms with Crippen molar-refractivity contribution in [2.75, 3.05) is 19.8 Å². The van der Waals surface area contributed by atoms with Crippen LogP contribution < -0.4 is 5.32 Å². The fourth-order valence-corrected chi connectivity index (χ4v) is 2.03. The quantitative estimate of drug-likeness (QED) is 0.872. The van der Waals surface area contributed by atoms with Crippen molar-refractivity contribution < 1.29 is 9.47 Å². The molecule has 1 aliphatic rings. The molecule has 0 atom stereocenters. The molecule has 0 unspecified atom stereocenters. The summed E-state index contributed by atoms with van der Waals surface area (Å²) in [4.78, 5) is 4.45. The average molecular weight is 258 g/mol. The van der Waals surface area contributed by atoms with Gasteiger partial charge in [0, 0.05) is 25.5 Å². The minimum atomic E-state index is -0.151. The Kier molecular flexibility index (Phi) is 3.42. The van der Waals surface area contributed by atoms with Gasteiger partial charge in [-0.2, -0.15) is 5.26 Å². The van der Waals surface area contributed by atoms with Gasteiger partial charge in [0.15, 0.2) is 6.29 Å². The van der Waals surface area contributed by atoms with Crippen LogP contribution in [0, 0.1) is 11.3 Å². The molecule has 6 nitrogen and oxygen atoms in total. The van der Waals surface area contributed by atoms with Crippen molar-refractivity contribution in [2.24, 2.45) is 0 Å². The second-order valence-electron chi connectivity index (χ2n) is 4.33. The molecule has 3 heterocycles. The zero-order valence-corrected chi connectivity index (χ0v) is 10.4. The van der Waals surface area contributed by atoms with Crippen LogP contribution in [0.1, 0.15) is 11.3 Å². The highest BCUT2D eigenvalue weighted by atomic mass is 16.7. The number of hydrogen-bond acceptors (Lipinski definition) is 5. The van der Waals surface area contributed by atoms with Crippen LogP contribution in [0.2, 0.25) is 0 Å². The number of imidazole rings is 1. The molecule has 0 aliphatic carbocycles. The van der Waals surface area contributed by atoms with Crippen molar-refractivity contribution in [3.05, 3.63) is 35.8 Å². The molecule has 1 aliphatic heterocycles. The third-order valence-electron chi connectivity index (χ3n) is 2.95. The lowest BCUT2D eigenvalue weighted by molar-refractivity contribution is -0.0392. The summed E-state index contributed by atoms with van der Waals surface area (Å²) in [5, 5.41) is 12.1. The molecule has 1 saturated heterocycles. The summed E-state index contributed by atoms with van der Waals surface area (Å²) in [5.74, 6) is 0.